The summed E-state index contributed by atoms with van der Waals surface area (Å²) in [6, 6.07) is 4.54. The van der Waals surface area contributed by atoms with E-state index in [1.165, 1.54) is 16.7 Å². The summed E-state index contributed by atoms with van der Waals surface area (Å²) in [4.78, 5) is 0. The van der Waals surface area contributed by atoms with Crippen LogP contribution in [0.2, 0.25) is 0 Å². The second-order valence-electron chi connectivity index (χ2n) is 7.32. The predicted molar refractivity (Wildman–Crippen MR) is 78.9 cm³/mol. The minimum absolute atomic E-state index is 0.0927. The zero-order valence-corrected chi connectivity index (χ0v) is 12.2. The number of aliphatic hydroxyl groups excluding tert-OH is 2. The highest BCUT2D eigenvalue weighted by molar-refractivity contribution is 5.47. The topological polar surface area (TPSA) is 40.5 Å². The highest BCUT2D eigenvalue weighted by atomic mass is 16.3. The van der Waals surface area contributed by atoms with Gasteiger partial charge in [0.1, 0.15) is 0 Å². The second kappa shape index (κ2) is 4.32. The van der Waals surface area contributed by atoms with Crippen LogP contribution in [0.15, 0.2) is 12.1 Å². The van der Waals surface area contributed by atoms with Crippen molar-refractivity contribution in [3.63, 3.8) is 0 Å². The fourth-order valence-electron chi connectivity index (χ4n) is 5.01. The van der Waals surface area contributed by atoms with Crippen molar-refractivity contribution >= 4 is 0 Å². The van der Waals surface area contributed by atoms with Crippen LogP contribution < -0.4 is 0 Å². The molecule has 0 aromatic heterocycles. The molecular formula is C18H24O2. The number of hydrogen-bond donors (Lipinski definition) is 2. The van der Waals surface area contributed by atoms with Gasteiger partial charge in [-0.2, -0.15) is 0 Å². The first kappa shape index (κ1) is 12.8. The van der Waals surface area contributed by atoms with Gasteiger partial charge in [0.15, 0.2) is 0 Å². The van der Waals surface area contributed by atoms with Crippen molar-refractivity contribution in [1.82, 2.24) is 0 Å². The number of fused-ring (bicyclic) bond motifs is 5. The van der Waals surface area contributed by atoms with Gasteiger partial charge in [0.05, 0.1) is 12.2 Å². The minimum atomic E-state index is -0.150. The van der Waals surface area contributed by atoms with Crippen LogP contribution >= 0.6 is 0 Å². The third kappa shape index (κ3) is 1.64. The molecule has 1 fully saturated rings. The molecule has 3 aliphatic carbocycles. The third-order valence-electron chi connectivity index (χ3n) is 6.32. The Labute approximate surface area is 120 Å². The molecule has 2 heteroatoms. The minimum Gasteiger partial charge on any atom is -0.393 e. The van der Waals surface area contributed by atoms with Crippen LogP contribution in [0.5, 0.6) is 0 Å². The van der Waals surface area contributed by atoms with Crippen LogP contribution in [0, 0.1) is 5.41 Å². The molecule has 0 spiro atoms. The molecule has 4 rings (SSSR count). The summed E-state index contributed by atoms with van der Waals surface area (Å²) in [5.74, 6) is 0.540. The number of benzene rings is 1. The maximum atomic E-state index is 10.3. The molecule has 1 saturated carbocycles. The summed E-state index contributed by atoms with van der Waals surface area (Å²) in [6.45, 7) is 2.28. The first-order chi connectivity index (χ1) is 9.59. The van der Waals surface area contributed by atoms with Gasteiger partial charge in [-0.3, -0.25) is 0 Å². The fraction of sp³-hybridized carbons (Fsp3) is 0.667. The summed E-state index contributed by atoms with van der Waals surface area (Å²) in [6.07, 6.45) is 6.81. The smallest absolute Gasteiger partial charge is 0.0600 e. The van der Waals surface area contributed by atoms with Crippen LogP contribution in [0.25, 0.3) is 0 Å². The van der Waals surface area contributed by atoms with Crippen molar-refractivity contribution < 1.29 is 10.2 Å². The molecule has 1 aromatic carbocycles. The van der Waals surface area contributed by atoms with Crippen molar-refractivity contribution in [2.24, 2.45) is 5.41 Å². The normalized spacial score (nSPS) is 39.0. The van der Waals surface area contributed by atoms with Gasteiger partial charge in [-0.1, -0.05) is 19.1 Å². The summed E-state index contributed by atoms with van der Waals surface area (Å²) in [7, 11) is 0. The molecule has 1 aromatic rings. The zero-order chi connectivity index (χ0) is 13.9. The van der Waals surface area contributed by atoms with E-state index in [4.69, 9.17) is 0 Å². The summed E-state index contributed by atoms with van der Waals surface area (Å²) in [5.41, 5.74) is 6.05. The van der Waals surface area contributed by atoms with E-state index in [1.807, 2.05) is 0 Å². The molecule has 0 heterocycles. The van der Waals surface area contributed by atoms with Crippen LogP contribution in [0.3, 0.4) is 0 Å². The van der Waals surface area contributed by atoms with Gasteiger partial charge in [0.2, 0.25) is 0 Å². The van der Waals surface area contributed by atoms with Crippen molar-refractivity contribution in [2.45, 2.75) is 70.0 Å². The number of rotatable bonds is 0. The summed E-state index contributed by atoms with van der Waals surface area (Å²) >= 11 is 0. The molecule has 4 atom stereocenters. The van der Waals surface area contributed by atoms with Crippen LogP contribution in [-0.2, 0) is 19.3 Å². The largest absolute Gasteiger partial charge is 0.393 e. The first-order valence-electron chi connectivity index (χ1n) is 8.09. The third-order valence-corrected chi connectivity index (χ3v) is 6.32. The molecule has 0 bridgehead atoms. The lowest BCUT2D eigenvalue weighted by Gasteiger charge is -2.41. The Hall–Kier alpha value is -0.860. The van der Waals surface area contributed by atoms with Gasteiger partial charge in [-0.15, -0.1) is 0 Å². The standard InChI is InChI=1S/C18H24O2/c1-18-9-8-14-13-5-3-12(19)10-11(13)2-4-15(14)16(18)6-7-17(18)20/h2,4,12,16-17,19-20H,3,5-10H2,1H3/t12-,16-,17-,18-/m0/s1. The molecule has 0 aliphatic heterocycles. The fourth-order valence-corrected chi connectivity index (χ4v) is 5.01. The highest BCUT2D eigenvalue weighted by Crippen LogP contribution is 2.56. The van der Waals surface area contributed by atoms with Crippen molar-refractivity contribution in [3.05, 3.63) is 34.4 Å². The molecule has 0 amide bonds. The second-order valence-corrected chi connectivity index (χ2v) is 7.32. The summed E-state index contributed by atoms with van der Waals surface area (Å²) in [5, 5.41) is 20.2. The molecule has 3 aliphatic rings. The highest BCUT2D eigenvalue weighted by Gasteiger charge is 2.49. The van der Waals surface area contributed by atoms with Crippen molar-refractivity contribution in [3.8, 4) is 0 Å². The molecule has 0 radical (unpaired) electrons. The Bertz CT molecular complexity index is 551. The Balaban J connectivity index is 1.80. The maximum absolute atomic E-state index is 10.3. The lowest BCUT2D eigenvalue weighted by molar-refractivity contribution is 0.0455. The van der Waals surface area contributed by atoms with E-state index in [1.54, 1.807) is 5.56 Å². The predicted octanol–water partition coefficient (Wildman–Crippen LogP) is 2.73. The quantitative estimate of drug-likeness (QED) is 0.762. The van der Waals surface area contributed by atoms with Crippen LogP contribution in [0.4, 0.5) is 0 Å². The number of hydrogen-bond acceptors (Lipinski definition) is 2. The van der Waals surface area contributed by atoms with E-state index in [2.05, 4.69) is 19.1 Å². The van der Waals surface area contributed by atoms with Crippen molar-refractivity contribution in [1.29, 1.82) is 0 Å². The molecule has 2 N–H and O–H groups in total. The monoisotopic (exact) mass is 272 g/mol. The van der Waals surface area contributed by atoms with E-state index >= 15 is 0 Å². The van der Waals surface area contributed by atoms with E-state index in [-0.39, 0.29) is 17.6 Å². The van der Waals surface area contributed by atoms with E-state index in [0.29, 0.717) is 5.92 Å². The molecule has 0 unspecified atom stereocenters. The Morgan fingerprint density at radius 2 is 1.90 bits per heavy atom. The summed E-state index contributed by atoms with van der Waals surface area (Å²) < 4.78 is 0. The van der Waals surface area contributed by atoms with Gasteiger partial charge < -0.3 is 10.2 Å². The average Bonchev–Trinajstić information content (AvgIpc) is 2.74. The van der Waals surface area contributed by atoms with Crippen LogP contribution in [-0.4, -0.2) is 22.4 Å². The SMILES string of the molecule is C[C@]12CCc3c(ccc4c3CC[C@H](O)C4)[C@@H]1CC[C@@H]2O. The molecule has 108 valence electrons. The Kier molecular flexibility index (Phi) is 2.77. The van der Waals surface area contributed by atoms with Gasteiger partial charge in [-0.05, 0) is 73.1 Å². The lowest BCUT2D eigenvalue weighted by atomic mass is 9.64. The van der Waals surface area contributed by atoms with Crippen LogP contribution in [0.1, 0.15) is 60.8 Å². The van der Waals surface area contributed by atoms with Gasteiger partial charge in [0, 0.05) is 5.41 Å². The molecular weight excluding hydrogens is 248 g/mol. The first-order valence-corrected chi connectivity index (χ1v) is 8.09. The average molecular weight is 272 g/mol. The molecule has 2 nitrogen and oxygen atoms in total. The van der Waals surface area contributed by atoms with E-state index in [0.717, 1.165) is 44.9 Å². The van der Waals surface area contributed by atoms with Crippen molar-refractivity contribution in [2.75, 3.05) is 0 Å². The molecule has 0 saturated heterocycles. The van der Waals surface area contributed by atoms with E-state index < -0.39 is 0 Å². The number of aliphatic hydroxyl groups is 2. The maximum Gasteiger partial charge on any atom is 0.0600 e. The van der Waals surface area contributed by atoms with Gasteiger partial charge in [-0.25, -0.2) is 0 Å². The lowest BCUT2D eigenvalue weighted by Crippen LogP contribution is -2.36. The van der Waals surface area contributed by atoms with Gasteiger partial charge in [0.25, 0.3) is 0 Å². The van der Waals surface area contributed by atoms with E-state index in [9.17, 15) is 10.2 Å². The Morgan fingerprint density at radius 1 is 1.05 bits per heavy atom. The van der Waals surface area contributed by atoms with Gasteiger partial charge >= 0.3 is 0 Å². The zero-order valence-electron chi connectivity index (χ0n) is 12.2. The molecule has 20 heavy (non-hydrogen) atoms. The Morgan fingerprint density at radius 3 is 2.75 bits per heavy atom.